The molecule has 1 aliphatic heterocycles. The maximum atomic E-state index is 12.2. The summed E-state index contributed by atoms with van der Waals surface area (Å²) in [7, 11) is 3.54. The third-order valence-corrected chi connectivity index (χ3v) is 5.40. The molecule has 7 nitrogen and oxygen atoms in total. The van der Waals surface area contributed by atoms with Crippen LogP contribution in [0, 0.1) is 0 Å². The number of pyridine rings is 1. The summed E-state index contributed by atoms with van der Waals surface area (Å²) in [5, 5.41) is 6.95. The number of rotatable bonds is 7. The van der Waals surface area contributed by atoms with Gasteiger partial charge in [0.2, 0.25) is 0 Å². The predicted octanol–water partition coefficient (Wildman–Crippen LogP) is 2.55. The third kappa shape index (κ3) is 6.70. The van der Waals surface area contributed by atoms with E-state index in [1.807, 2.05) is 36.5 Å². The standard InChI is InChI=1S/C24H34N6O/c1-4-25-24(27-15-11-19-8-7-9-20(18-19)23(31)29(2)3)28-21-12-16-30(17-13-21)22-10-5-6-14-26-22/h5-10,14,18,21H,4,11-13,15-17H2,1-3H3,(H2,25,27,28). The number of aliphatic imine (C=N–C) groups is 1. The Bertz CT molecular complexity index is 859. The van der Waals surface area contributed by atoms with E-state index in [0.29, 0.717) is 12.6 Å². The largest absolute Gasteiger partial charge is 0.357 e. The Morgan fingerprint density at radius 2 is 2.00 bits per heavy atom. The lowest BCUT2D eigenvalue weighted by atomic mass is 10.1. The molecule has 2 heterocycles. The quantitative estimate of drug-likeness (QED) is 0.530. The molecule has 1 fully saturated rings. The van der Waals surface area contributed by atoms with Crippen molar-refractivity contribution in [3.05, 3.63) is 59.8 Å². The Hall–Kier alpha value is -3.09. The van der Waals surface area contributed by atoms with Gasteiger partial charge in [0.1, 0.15) is 5.82 Å². The average molecular weight is 423 g/mol. The molecule has 1 amide bonds. The zero-order valence-corrected chi connectivity index (χ0v) is 18.8. The Labute approximate surface area is 185 Å². The van der Waals surface area contributed by atoms with E-state index in [9.17, 15) is 4.79 Å². The van der Waals surface area contributed by atoms with Gasteiger partial charge >= 0.3 is 0 Å². The molecule has 0 atom stereocenters. The minimum atomic E-state index is 0.0254. The number of piperidine rings is 1. The minimum absolute atomic E-state index is 0.0254. The van der Waals surface area contributed by atoms with Gasteiger partial charge in [-0.2, -0.15) is 0 Å². The molecule has 1 aromatic heterocycles. The molecule has 2 N–H and O–H groups in total. The average Bonchev–Trinajstić information content (AvgIpc) is 2.80. The van der Waals surface area contributed by atoms with Gasteiger partial charge in [0.15, 0.2) is 5.96 Å². The van der Waals surface area contributed by atoms with Crippen LogP contribution in [0.25, 0.3) is 0 Å². The summed E-state index contributed by atoms with van der Waals surface area (Å²) >= 11 is 0. The van der Waals surface area contributed by atoms with E-state index in [0.717, 1.165) is 61.8 Å². The van der Waals surface area contributed by atoms with Crippen molar-refractivity contribution in [3.8, 4) is 0 Å². The summed E-state index contributed by atoms with van der Waals surface area (Å²) < 4.78 is 0. The van der Waals surface area contributed by atoms with E-state index in [4.69, 9.17) is 4.99 Å². The maximum absolute atomic E-state index is 12.2. The van der Waals surface area contributed by atoms with Crippen LogP contribution < -0.4 is 15.5 Å². The summed E-state index contributed by atoms with van der Waals surface area (Å²) in [5.74, 6) is 1.94. The smallest absolute Gasteiger partial charge is 0.253 e. The van der Waals surface area contributed by atoms with Crippen LogP contribution in [0.15, 0.2) is 53.7 Å². The van der Waals surface area contributed by atoms with Gasteiger partial charge < -0.3 is 20.4 Å². The number of benzene rings is 1. The maximum Gasteiger partial charge on any atom is 0.253 e. The summed E-state index contributed by atoms with van der Waals surface area (Å²) in [6.45, 7) is 5.55. The second-order valence-corrected chi connectivity index (χ2v) is 8.00. The van der Waals surface area contributed by atoms with Gasteiger partial charge in [0.05, 0.1) is 0 Å². The highest BCUT2D eigenvalue weighted by Gasteiger charge is 2.20. The zero-order valence-electron chi connectivity index (χ0n) is 18.8. The van der Waals surface area contributed by atoms with Crippen molar-refractivity contribution in [2.24, 2.45) is 4.99 Å². The van der Waals surface area contributed by atoms with Crippen LogP contribution in [-0.2, 0) is 6.42 Å². The lowest BCUT2D eigenvalue weighted by Gasteiger charge is -2.33. The van der Waals surface area contributed by atoms with Crippen molar-refractivity contribution in [1.82, 2.24) is 20.5 Å². The molecule has 0 radical (unpaired) electrons. The fraction of sp³-hybridized carbons (Fsp3) is 0.458. The number of anilines is 1. The van der Waals surface area contributed by atoms with Crippen molar-refractivity contribution in [3.63, 3.8) is 0 Å². The van der Waals surface area contributed by atoms with E-state index in [1.54, 1.807) is 19.0 Å². The van der Waals surface area contributed by atoms with Gasteiger partial charge in [0, 0.05) is 58.1 Å². The molecule has 1 aromatic carbocycles. The Kier molecular flexibility index (Phi) is 8.27. The lowest BCUT2D eigenvalue weighted by molar-refractivity contribution is 0.0827. The highest BCUT2D eigenvalue weighted by atomic mass is 16.2. The number of hydrogen-bond acceptors (Lipinski definition) is 4. The van der Waals surface area contributed by atoms with E-state index in [1.165, 1.54) is 0 Å². The van der Waals surface area contributed by atoms with Gasteiger partial charge in [0.25, 0.3) is 5.91 Å². The van der Waals surface area contributed by atoms with Crippen molar-refractivity contribution in [2.45, 2.75) is 32.2 Å². The first-order valence-electron chi connectivity index (χ1n) is 11.1. The Morgan fingerprint density at radius 1 is 1.19 bits per heavy atom. The Morgan fingerprint density at radius 3 is 2.68 bits per heavy atom. The van der Waals surface area contributed by atoms with E-state index in [2.05, 4.69) is 39.6 Å². The van der Waals surface area contributed by atoms with Crippen molar-refractivity contribution >= 4 is 17.7 Å². The van der Waals surface area contributed by atoms with Crippen LogP contribution in [0.4, 0.5) is 5.82 Å². The van der Waals surface area contributed by atoms with Crippen molar-refractivity contribution < 1.29 is 4.79 Å². The van der Waals surface area contributed by atoms with E-state index < -0.39 is 0 Å². The molecule has 0 spiro atoms. The first kappa shape index (κ1) is 22.6. The number of aromatic nitrogens is 1. The first-order chi connectivity index (χ1) is 15.1. The van der Waals surface area contributed by atoms with Gasteiger partial charge in [-0.3, -0.25) is 9.79 Å². The fourth-order valence-electron chi connectivity index (χ4n) is 3.72. The van der Waals surface area contributed by atoms with Crippen LogP contribution in [0.5, 0.6) is 0 Å². The molecule has 31 heavy (non-hydrogen) atoms. The van der Waals surface area contributed by atoms with E-state index >= 15 is 0 Å². The van der Waals surface area contributed by atoms with Crippen molar-refractivity contribution in [1.29, 1.82) is 0 Å². The molecular weight excluding hydrogens is 388 g/mol. The number of hydrogen-bond donors (Lipinski definition) is 2. The van der Waals surface area contributed by atoms with Crippen LogP contribution in [0.3, 0.4) is 0 Å². The molecule has 3 rings (SSSR count). The fourth-order valence-corrected chi connectivity index (χ4v) is 3.72. The monoisotopic (exact) mass is 422 g/mol. The van der Waals surface area contributed by atoms with Crippen molar-refractivity contribution in [2.75, 3.05) is 45.2 Å². The normalized spacial score (nSPS) is 14.9. The number of carbonyl (C=O) groups is 1. The SMILES string of the molecule is CCNC(=NCCc1cccc(C(=O)N(C)C)c1)NC1CCN(c2ccccn2)CC1. The van der Waals surface area contributed by atoms with Crippen LogP contribution >= 0.6 is 0 Å². The summed E-state index contributed by atoms with van der Waals surface area (Å²) in [6.07, 6.45) is 4.75. The van der Waals surface area contributed by atoms with Crippen LogP contribution in [-0.4, -0.2) is 68.1 Å². The van der Waals surface area contributed by atoms with E-state index in [-0.39, 0.29) is 5.91 Å². The molecule has 1 aliphatic rings. The molecule has 0 bridgehead atoms. The number of nitrogens with one attached hydrogen (secondary N) is 2. The molecule has 0 saturated carbocycles. The summed E-state index contributed by atoms with van der Waals surface area (Å²) in [6, 6.07) is 14.3. The minimum Gasteiger partial charge on any atom is -0.357 e. The highest BCUT2D eigenvalue weighted by molar-refractivity contribution is 5.94. The van der Waals surface area contributed by atoms with Crippen LogP contribution in [0.1, 0.15) is 35.7 Å². The Balaban J connectivity index is 1.52. The van der Waals surface area contributed by atoms with Gasteiger partial charge in [-0.15, -0.1) is 0 Å². The topological polar surface area (TPSA) is 72.9 Å². The highest BCUT2D eigenvalue weighted by Crippen LogP contribution is 2.17. The number of nitrogens with zero attached hydrogens (tertiary/aromatic N) is 4. The van der Waals surface area contributed by atoms with Gasteiger partial charge in [-0.05, 0) is 56.0 Å². The second-order valence-electron chi connectivity index (χ2n) is 8.00. The summed E-state index contributed by atoms with van der Waals surface area (Å²) in [5.41, 5.74) is 1.84. The molecular formula is C24H34N6O. The molecule has 0 unspecified atom stereocenters. The van der Waals surface area contributed by atoms with Gasteiger partial charge in [-0.1, -0.05) is 18.2 Å². The number of amides is 1. The summed E-state index contributed by atoms with van der Waals surface area (Å²) in [4.78, 5) is 25.3. The van der Waals surface area contributed by atoms with Gasteiger partial charge in [-0.25, -0.2) is 4.98 Å². The molecule has 2 aromatic rings. The molecule has 1 saturated heterocycles. The van der Waals surface area contributed by atoms with Crippen LogP contribution in [0.2, 0.25) is 0 Å². The second kappa shape index (κ2) is 11.3. The number of carbonyl (C=O) groups excluding carboxylic acids is 1. The first-order valence-corrected chi connectivity index (χ1v) is 11.1. The zero-order chi connectivity index (χ0) is 22.1. The lowest BCUT2D eigenvalue weighted by Crippen LogP contribution is -2.49. The molecule has 0 aliphatic carbocycles. The molecule has 166 valence electrons. The number of guanidine groups is 1. The predicted molar refractivity (Wildman–Crippen MR) is 127 cm³/mol. The molecule has 7 heteroatoms. The third-order valence-electron chi connectivity index (χ3n) is 5.40.